The second-order valence-electron chi connectivity index (χ2n) is 6.16. The number of halogens is 3. The molecule has 0 aliphatic rings. The van der Waals surface area contributed by atoms with Crippen LogP contribution < -0.4 is 0 Å². The minimum atomic E-state index is -4.95. The molecule has 4 nitrogen and oxygen atoms in total. The molecular weight excluding hydrogens is 347 g/mol. The lowest BCUT2D eigenvalue weighted by Crippen LogP contribution is -2.23. The number of fused-ring (bicyclic) bond motifs is 1. The van der Waals surface area contributed by atoms with Gasteiger partial charge in [-0.05, 0) is 31.4 Å². The lowest BCUT2D eigenvalue weighted by molar-refractivity contribution is -0.0884. The first kappa shape index (κ1) is 20.0. The summed E-state index contributed by atoms with van der Waals surface area (Å²) in [5.74, 6) is -2.40. The number of hydrogen-bond donors (Lipinski definition) is 1. The van der Waals surface area contributed by atoms with Gasteiger partial charge in [0.1, 0.15) is 0 Å². The zero-order valence-electron chi connectivity index (χ0n) is 14.8. The minimum Gasteiger partial charge on any atom is -0.462 e. The zero-order valence-corrected chi connectivity index (χ0v) is 14.8. The Labute approximate surface area is 149 Å². The van der Waals surface area contributed by atoms with E-state index in [4.69, 9.17) is 4.74 Å². The van der Waals surface area contributed by atoms with Crippen molar-refractivity contribution in [2.24, 2.45) is 0 Å². The van der Waals surface area contributed by atoms with E-state index in [1.54, 1.807) is 0 Å². The Hall–Kier alpha value is -2.31. The molecule has 0 saturated carbocycles. The molecule has 2 rings (SSSR count). The second-order valence-corrected chi connectivity index (χ2v) is 6.16. The van der Waals surface area contributed by atoms with Crippen LogP contribution in [0.3, 0.4) is 0 Å². The second kappa shape index (κ2) is 8.38. The van der Waals surface area contributed by atoms with Crippen LogP contribution >= 0.6 is 0 Å². The Morgan fingerprint density at radius 3 is 2.42 bits per heavy atom. The third-order valence-electron chi connectivity index (χ3n) is 4.11. The highest BCUT2D eigenvalue weighted by atomic mass is 19.4. The number of unbranched alkanes of at least 4 members (excludes halogenated alkanes) is 2. The first-order valence-electron chi connectivity index (χ1n) is 8.72. The maximum atomic E-state index is 13.0. The maximum absolute atomic E-state index is 13.0. The number of carbonyl (C=O) groups excluding carboxylic acids is 2. The van der Waals surface area contributed by atoms with Gasteiger partial charge < -0.3 is 9.72 Å². The van der Waals surface area contributed by atoms with Gasteiger partial charge in [0, 0.05) is 16.6 Å². The number of aryl methyl sites for hydroxylation is 1. The molecular formula is C19H22F3NO3. The normalized spacial score (nSPS) is 11.7. The number of hydrogen-bond acceptors (Lipinski definition) is 3. The number of aromatic amines is 1. The number of aromatic nitrogens is 1. The van der Waals surface area contributed by atoms with Crippen LogP contribution in [0.1, 0.15) is 65.9 Å². The van der Waals surface area contributed by atoms with Crippen molar-refractivity contribution in [3.05, 3.63) is 35.0 Å². The smallest absolute Gasteiger partial charge is 0.454 e. The van der Waals surface area contributed by atoms with E-state index < -0.39 is 17.9 Å². The molecule has 1 heterocycles. The van der Waals surface area contributed by atoms with Crippen LogP contribution in [0.15, 0.2) is 18.2 Å². The van der Waals surface area contributed by atoms with Gasteiger partial charge in [0.05, 0.1) is 17.7 Å². The van der Waals surface area contributed by atoms with Gasteiger partial charge in [-0.1, -0.05) is 32.8 Å². The molecule has 7 heteroatoms. The van der Waals surface area contributed by atoms with Gasteiger partial charge in [0.25, 0.3) is 5.78 Å². The number of rotatable bonds is 8. The number of ketones is 1. The molecule has 142 valence electrons. The monoisotopic (exact) mass is 369 g/mol. The predicted molar refractivity (Wildman–Crippen MR) is 92.5 cm³/mol. The molecule has 0 unspecified atom stereocenters. The van der Waals surface area contributed by atoms with Crippen LogP contribution in [0.5, 0.6) is 0 Å². The van der Waals surface area contributed by atoms with E-state index in [1.165, 1.54) is 18.2 Å². The number of benzene rings is 1. The summed E-state index contributed by atoms with van der Waals surface area (Å²) in [5.41, 5.74) is 0.462. The molecule has 2 aromatic rings. The largest absolute Gasteiger partial charge is 0.462 e. The maximum Gasteiger partial charge on any atom is 0.454 e. The van der Waals surface area contributed by atoms with Crippen molar-refractivity contribution < 1.29 is 27.5 Å². The quantitative estimate of drug-likeness (QED) is 0.395. The molecule has 0 saturated heterocycles. The Balaban J connectivity index is 2.43. The molecule has 0 spiro atoms. The van der Waals surface area contributed by atoms with Crippen molar-refractivity contribution in [3.63, 3.8) is 0 Å². The summed E-state index contributed by atoms with van der Waals surface area (Å²) in [4.78, 5) is 26.8. The van der Waals surface area contributed by atoms with Gasteiger partial charge in [0.15, 0.2) is 0 Å². The number of alkyl halides is 3. The highest BCUT2D eigenvalue weighted by molar-refractivity contribution is 6.12. The molecule has 0 aliphatic heterocycles. The van der Waals surface area contributed by atoms with Gasteiger partial charge in [-0.2, -0.15) is 13.2 Å². The lowest BCUT2D eigenvalue weighted by Gasteiger charge is -2.07. The molecule has 0 radical (unpaired) electrons. The summed E-state index contributed by atoms with van der Waals surface area (Å²) in [6.45, 7) is 4.17. The molecule has 1 N–H and O–H groups in total. The fraction of sp³-hybridized carbons (Fsp3) is 0.474. The van der Waals surface area contributed by atoms with Crippen LogP contribution in [0.4, 0.5) is 13.2 Å². The molecule has 0 bridgehead atoms. The van der Waals surface area contributed by atoms with Crippen molar-refractivity contribution in [3.8, 4) is 0 Å². The first-order valence-corrected chi connectivity index (χ1v) is 8.72. The van der Waals surface area contributed by atoms with Gasteiger partial charge in [-0.3, -0.25) is 4.79 Å². The van der Waals surface area contributed by atoms with Crippen molar-refractivity contribution in [1.82, 2.24) is 4.98 Å². The highest BCUT2D eigenvalue weighted by Crippen LogP contribution is 2.31. The van der Waals surface area contributed by atoms with Gasteiger partial charge in [-0.25, -0.2) is 4.79 Å². The molecule has 1 aromatic heterocycles. The Morgan fingerprint density at radius 1 is 1.12 bits per heavy atom. The number of nitrogens with one attached hydrogen (secondary N) is 1. The van der Waals surface area contributed by atoms with E-state index in [0.717, 1.165) is 19.3 Å². The van der Waals surface area contributed by atoms with Crippen molar-refractivity contribution in [1.29, 1.82) is 0 Å². The topological polar surface area (TPSA) is 59.2 Å². The summed E-state index contributed by atoms with van der Waals surface area (Å²) in [6.07, 6.45) is -1.57. The number of ether oxygens (including phenoxy) is 1. The van der Waals surface area contributed by atoms with E-state index in [-0.39, 0.29) is 28.8 Å². The summed E-state index contributed by atoms with van der Waals surface area (Å²) in [7, 11) is 0. The molecule has 0 amide bonds. The van der Waals surface area contributed by atoms with E-state index >= 15 is 0 Å². The van der Waals surface area contributed by atoms with E-state index in [2.05, 4.69) is 4.98 Å². The molecule has 1 aromatic carbocycles. The van der Waals surface area contributed by atoms with Crippen LogP contribution in [0.25, 0.3) is 10.9 Å². The fourth-order valence-corrected chi connectivity index (χ4v) is 2.71. The van der Waals surface area contributed by atoms with Crippen LogP contribution in [-0.2, 0) is 11.2 Å². The number of Topliss-reactive ketones (excluding diaryl/α,β-unsaturated/α-hetero) is 1. The van der Waals surface area contributed by atoms with E-state index in [0.29, 0.717) is 18.4 Å². The molecule has 0 fully saturated rings. The number of H-pyrrole nitrogens is 1. The average Bonchev–Trinajstić information content (AvgIpc) is 2.95. The van der Waals surface area contributed by atoms with E-state index in [9.17, 15) is 22.8 Å². The fourth-order valence-electron chi connectivity index (χ4n) is 2.71. The zero-order chi connectivity index (χ0) is 19.3. The highest BCUT2D eigenvalue weighted by Gasteiger charge is 2.41. The molecule has 26 heavy (non-hydrogen) atoms. The third kappa shape index (κ3) is 4.45. The predicted octanol–water partition coefficient (Wildman–Crippen LogP) is 5.21. The standard InChI is InChI=1S/C19H22F3NO3/c1-3-5-7-14-16(17(24)19(20,21)22)13-9-8-12(11-15(13)23-14)18(25)26-10-6-4-2/h8-9,11,23H,3-7,10H2,1-2H3. The number of carbonyl (C=O) groups is 2. The minimum absolute atomic E-state index is 0.170. The lowest BCUT2D eigenvalue weighted by atomic mass is 10.0. The van der Waals surface area contributed by atoms with Crippen LogP contribution in [-0.4, -0.2) is 29.5 Å². The Bertz CT molecular complexity index is 793. The number of esters is 1. The summed E-state index contributed by atoms with van der Waals surface area (Å²) < 4.78 is 44.1. The van der Waals surface area contributed by atoms with E-state index in [1.807, 2.05) is 13.8 Å². The molecule has 0 atom stereocenters. The van der Waals surface area contributed by atoms with Gasteiger partial charge >= 0.3 is 12.1 Å². The van der Waals surface area contributed by atoms with Crippen LogP contribution in [0, 0.1) is 0 Å². The first-order chi connectivity index (χ1) is 12.3. The van der Waals surface area contributed by atoms with Crippen molar-refractivity contribution in [2.75, 3.05) is 6.61 Å². The summed E-state index contributed by atoms with van der Waals surface area (Å²) in [6, 6.07) is 4.20. The molecule has 0 aliphatic carbocycles. The Morgan fingerprint density at radius 2 is 1.81 bits per heavy atom. The summed E-state index contributed by atoms with van der Waals surface area (Å²) >= 11 is 0. The van der Waals surface area contributed by atoms with Gasteiger partial charge in [0.2, 0.25) is 0 Å². The summed E-state index contributed by atoms with van der Waals surface area (Å²) in [5, 5.41) is 0.170. The average molecular weight is 369 g/mol. The van der Waals surface area contributed by atoms with Crippen molar-refractivity contribution >= 4 is 22.7 Å². The van der Waals surface area contributed by atoms with Crippen molar-refractivity contribution in [2.45, 2.75) is 52.1 Å². The Kier molecular flexibility index (Phi) is 6.45. The van der Waals surface area contributed by atoms with Gasteiger partial charge in [-0.15, -0.1) is 0 Å². The third-order valence-corrected chi connectivity index (χ3v) is 4.11. The van der Waals surface area contributed by atoms with Crippen LogP contribution in [0.2, 0.25) is 0 Å². The SMILES string of the molecule is CCCCOC(=O)c1ccc2c(C(=O)C(F)(F)F)c(CCCC)[nH]c2c1.